The van der Waals surface area contributed by atoms with E-state index in [-0.39, 0.29) is 12.8 Å². The van der Waals surface area contributed by atoms with Crippen molar-refractivity contribution in [2.75, 3.05) is 29.9 Å². The number of piperidine rings is 1. The van der Waals surface area contributed by atoms with Gasteiger partial charge < -0.3 is 16.0 Å². The summed E-state index contributed by atoms with van der Waals surface area (Å²) in [6.07, 6.45) is 2.58. The molecule has 2 aliphatic rings. The van der Waals surface area contributed by atoms with Crippen LogP contribution in [0, 0.1) is 11.8 Å². The Labute approximate surface area is 147 Å². The zero-order valence-corrected chi connectivity index (χ0v) is 14.4. The zero-order valence-electron chi connectivity index (χ0n) is 14.4. The third-order valence-electron chi connectivity index (χ3n) is 5.58. The fourth-order valence-corrected chi connectivity index (χ4v) is 3.87. The maximum atomic E-state index is 12.7. The van der Waals surface area contributed by atoms with Crippen molar-refractivity contribution >= 4 is 11.5 Å². The van der Waals surface area contributed by atoms with E-state index in [9.17, 15) is 13.2 Å². The average molecular weight is 356 g/mol. The summed E-state index contributed by atoms with van der Waals surface area (Å²) in [6.45, 7) is 1.59. The molecule has 0 radical (unpaired) electrons. The van der Waals surface area contributed by atoms with Gasteiger partial charge in [0.15, 0.2) is 0 Å². The molecule has 0 atom stereocenters. The van der Waals surface area contributed by atoms with Crippen molar-refractivity contribution < 1.29 is 13.2 Å². The number of hydrogen-bond donors (Lipinski definition) is 2. The SMILES string of the molecule is NCC1CCC(Nc2ccc(N3CCC(C(F)(F)F)CC3)nc2)CC1. The fraction of sp³-hybridized carbons (Fsp3) is 0.722. The van der Waals surface area contributed by atoms with E-state index >= 15 is 0 Å². The van der Waals surface area contributed by atoms with Crippen LogP contribution >= 0.6 is 0 Å². The van der Waals surface area contributed by atoms with Crippen LogP contribution in [0.3, 0.4) is 0 Å². The van der Waals surface area contributed by atoms with Crippen molar-refractivity contribution in [3.05, 3.63) is 18.3 Å². The van der Waals surface area contributed by atoms with Gasteiger partial charge >= 0.3 is 6.18 Å². The fourth-order valence-electron chi connectivity index (χ4n) is 3.87. The summed E-state index contributed by atoms with van der Waals surface area (Å²) >= 11 is 0. The third-order valence-corrected chi connectivity index (χ3v) is 5.58. The second kappa shape index (κ2) is 7.81. The van der Waals surface area contributed by atoms with E-state index in [2.05, 4.69) is 10.3 Å². The van der Waals surface area contributed by atoms with Crippen LogP contribution in [0.1, 0.15) is 38.5 Å². The van der Waals surface area contributed by atoms with Gasteiger partial charge in [-0.2, -0.15) is 13.2 Å². The molecule has 3 rings (SSSR count). The van der Waals surface area contributed by atoms with E-state index in [4.69, 9.17) is 5.73 Å². The first kappa shape index (κ1) is 18.3. The lowest BCUT2D eigenvalue weighted by atomic mass is 9.86. The Morgan fingerprint density at radius 2 is 1.76 bits per heavy atom. The summed E-state index contributed by atoms with van der Waals surface area (Å²) in [5.41, 5.74) is 6.70. The van der Waals surface area contributed by atoms with Crippen molar-refractivity contribution in [1.82, 2.24) is 4.98 Å². The average Bonchev–Trinajstić information content (AvgIpc) is 2.62. The van der Waals surface area contributed by atoms with Gasteiger partial charge in [0.05, 0.1) is 17.8 Å². The molecule has 1 aromatic rings. The molecule has 1 aromatic heterocycles. The van der Waals surface area contributed by atoms with E-state index in [1.807, 2.05) is 17.0 Å². The number of nitrogens with two attached hydrogens (primary N) is 1. The molecular weight excluding hydrogens is 329 g/mol. The molecule has 4 nitrogen and oxygen atoms in total. The Morgan fingerprint density at radius 1 is 1.08 bits per heavy atom. The van der Waals surface area contributed by atoms with Crippen molar-refractivity contribution in [3.63, 3.8) is 0 Å². The Kier molecular flexibility index (Phi) is 5.71. The van der Waals surface area contributed by atoms with Crippen LogP contribution in [0.2, 0.25) is 0 Å². The summed E-state index contributed by atoms with van der Waals surface area (Å²) in [4.78, 5) is 6.39. The standard InChI is InChI=1S/C18H27F3N4/c19-18(20,21)14-7-9-25(10-8-14)17-6-5-16(12-23-17)24-15-3-1-13(11-22)2-4-15/h5-6,12-15,24H,1-4,7-11,22H2. The molecule has 3 N–H and O–H groups in total. The zero-order chi connectivity index (χ0) is 17.9. The topological polar surface area (TPSA) is 54.2 Å². The molecule has 1 aliphatic heterocycles. The van der Waals surface area contributed by atoms with Crippen molar-refractivity contribution in [2.45, 2.75) is 50.7 Å². The molecule has 7 heteroatoms. The molecule has 1 saturated carbocycles. The quantitative estimate of drug-likeness (QED) is 0.862. The van der Waals surface area contributed by atoms with Crippen molar-refractivity contribution in [3.8, 4) is 0 Å². The minimum atomic E-state index is -4.07. The third kappa shape index (κ3) is 4.77. The van der Waals surface area contributed by atoms with Crippen LogP contribution in [0.25, 0.3) is 0 Å². The van der Waals surface area contributed by atoms with E-state index in [1.54, 1.807) is 6.20 Å². The highest BCUT2D eigenvalue weighted by Gasteiger charge is 2.41. The van der Waals surface area contributed by atoms with E-state index in [0.717, 1.165) is 43.7 Å². The van der Waals surface area contributed by atoms with Gasteiger partial charge in [-0.1, -0.05) is 0 Å². The van der Waals surface area contributed by atoms with Crippen LogP contribution < -0.4 is 16.0 Å². The summed E-state index contributed by atoms with van der Waals surface area (Å²) in [6, 6.07) is 4.34. The minimum absolute atomic E-state index is 0.148. The van der Waals surface area contributed by atoms with Crippen LogP contribution in [0.5, 0.6) is 0 Å². The number of rotatable bonds is 4. The van der Waals surface area contributed by atoms with Gasteiger partial charge in [0.2, 0.25) is 0 Å². The molecule has 0 bridgehead atoms. The normalized spacial score (nSPS) is 25.8. The number of halogens is 3. The Hall–Kier alpha value is -1.50. The van der Waals surface area contributed by atoms with Crippen LogP contribution in [0.15, 0.2) is 18.3 Å². The first-order chi connectivity index (χ1) is 12.0. The summed E-state index contributed by atoms with van der Waals surface area (Å²) < 4.78 is 38.2. The van der Waals surface area contributed by atoms with Gasteiger partial charge in [-0.25, -0.2) is 4.98 Å². The maximum Gasteiger partial charge on any atom is 0.391 e. The number of nitrogens with zero attached hydrogens (tertiary/aromatic N) is 2. The van der Waals surface area contributed by atoms with Gasteiger partial charge in [-0.3, -0.25) is 0 Å². The Bertz CT molecular complexity index is 530. The molecule has 25 heavy (non-hydrogen) atoms. The van der Waals surface area contributed by atoms with E-state index in [0.29, 0.717) is 25.0 Å². The monoisotopic (exact) mass is 356 g/mol. The van der Waals surface area contributed by atoms with Gasteiger partial charge in [-0.15, -0.1) is 0 Å². The molecule has 140 valence electrons. The highest BCUT2D eigenvalue weighted by molar-refractivity contribution is 5.49. The smallest absolute Gasteiger partial charge is 0.381 e. The number of hydrogen-bond acceptors (Lipinski definition) is 4. The molecule has 1 aliphatic carbocycles. The van der Waals surface area contributed by atoms with E-state index < -0.39 is 12.1 Å². The van der Waals surface area contributed by atoms with Crippen LogP contribution in [-0.2, 0) is 0 Å². The molecule has 2 fully saturated rings. The molecular formula is C18H27F3N4. The highest BCUT2D eigenvalue weighted by Crippen LogP contribution is 2.35. The second-order valence-electron chi connectivity index (χ2n) is 7.31. The first-order valence-electron chi connectivity index (χ1n) is 9.20. The lowest BCUT2D eigenvalue weighted by Gasteiger charge is -2.33. The van der Waals surface area contributed by atoms with Gasteiger partial charge in [0, 0.05) is 19.1 Å². The predicted molar refractivity (Wildman–Crippen MR) is 93.7 cm³/mol. The lowest BCUT2D eigenvalue weighted by molar-refractivity contribution is -0.179. The summed E-state index contributed by atoms with van der Waals surface area (Å²) in [5.74, 6) is 0.240. The maximum absolute atomic E-state index is 12.7. The first-order valence-corrected chi connectivity index (χ1v) is 9.20. The van der Waals surface area contributed by atoms with E-state index in [1.165, 1.54) is 0 Å². The van der Waals surface area contributed by atoms with Gasteiger partial charge in [-0.05, 0) is 63.1 Å². The molecule has 0 amide bonds. The van der Waals surface area contributed by atoms with Crippen LogP contribution in [0.4, 0.5) is 24.7 Å². The molecule has 0 aromatic carbocycles. The van der Waals surface area contributed by atoms with Crippen molar-refractivity contribution in [2.24, 2.45) is 17.6 Å². The Balaban J connectivity index is 1.50. The predicted octanol–water partition coefficient (Wildman–Crippen LogP) is 3.79. The summed E-state index contributed by atoms with van der Waals surface area (Å²) in [7, 11) is 0. The molecule has 0 spiro atoms. The van der Waals surface area contributed by atoms with Crippen molar-refractivity contribution in [1.29, 1.82) is 0 Å². The summed E-state index contributed by atoms with van der Waals surface area (Å²) in [5, 5.41) is 3.51. The Morgan fingerprint density at radius 3 is 2.28 bits per heavy atom. The molecule has 0 unspecified atom stereocenters. The number of anilines is 2. The minimum Gasteiger partial charge on any atom is -0.381 e. The number of alkyl halides is 3. The highest BCUT2D eigenvalue weighted by atomic mass is 19.4. The largest absolute Gasteiger partial charge is 0.391 e. The van der Waals surface area contributed by atoms with Crippen LogP contribution in [-0.4, -0.2) is 36.8 Å². The number of nitrogens with one attached hydrogen (secondary N) is 1. The molecule has 2 heterocycles. The number of pyridine rings is 1. The lowest BCUT2D eigenvalue weighted by Crippen LogP contribution is -2.39. The van der Waals surface area contributed by atoms with Gasteiger partial charge in [0.25, 0.3) is 0 Å². The van der Waals surface area contributed by atoms with Gasteiger partial charge in [0.1, 0.15) is 5.82 Å². The second-order valence-corrected chi connectivity index (χ2v) is 7.31. The number of aromatic nitrogens is 1. The molecule has 1 saturated heterocycles.